The average Bonchev–Trinajstić information content (AvgIpc) is 2.87. The summed E-state index contributed by atoms with van der Waals surface area (Å²) in [6, 6.07) is 9.61. The number of ether oxygens (including phenoxy) is 1. The smallest absolute Gasteiger partial charge is 0.257 e. The number of amides is 2. The van der Waals surface area contributed by atoms with Gasteiger partial charge in [0.15, 0.2) is 0 Å². The summed E-state index contributed by atoms with van der Waals surface area (Å²) < 4.78 is 5.87. The number of anilines is 1. The van der Waals surface area contributed by atoms with Crippen molar-refractivity contribution in [1.82, 2.24) is 14.9 Å². The van der Waals surface area contributed by atoms with E-state index in [0.29, 0.717) is 30.9 Å². The molecule has 0 saturated carbocycles. The molecule has 0 radical (unpaired) electrons. The first-order valence-corrected chi connectivity index (χ1v) is 9.16. The minimum Gasteiger partial charge on any atom is -0.368 e. The van der Waals surface area contributed by atoms with Gasteiger partial charge >= 0.3 is 0 Å². The van der Waals surface area contributed by atoms with Gasteiger partial charge in [0.2, 0.25) is 0 Å². The number of carbonyl (C=O) groups is 2. The molecule has 2 aliphatic rings. The lowest BCUT2D eigenvalue weighted by Crippen LogP contribution is -2.49. The summed E-state index contributed by atoms with van der Waals surface area (Å²) in [6.45, 7) is 3.59. The van der Waals surface area contributed by atoms with Crippen LogP contribution in [-0.4, -0.2) is 59.0 Å². The van der Waals surface area contributed by atoms with Crippen LogP contribution in [0.4, 0.5) is 5.69 Å². The Kier molecular flexibility index (Phi) is 4.85. The third kappa shape index (κ3) is 3.55. The van der Waals surface area contributed by atoms with Gasteiger partial charge in [-0.05, 0) is 25.5 Å². The van der Waals surface area contributed by atoms with E-state index in [2.05, 4.69) is 9.97 Å². The Morgan fingerprint density at radius 3 is 2.81 bits per heavy atom. The van der Waals surface area contributed by atoms with E-state index in [1.54, 1.807) is 11.1 Å². The molecule has 7 nitrogen and oxygen atoms in total. The first-order valence-electron chi connectivity index (χ1n) is 9.16. The number of hydrogen-bond donors (Lipinski definition) is 0. The third-order valence-corrected chi connectivity index (χ3v) is 5.30. The highest BCUT2D eigenvalue weighted by molar-refractivity contribution is 5.95. The van der Waals surface area contributed by atoms with Crippen LogP contribution in [0.25, 0.3) is 0 Å². The molecule has 4 rings (SSSR count). The standard InChI is InChI=1S/C20H22N4O3/c1-14-17(9-21-13-22-14)20(26)23-8-7-18-15(10-23)11-24(19(25)12-27-18)16-5-3-2-4-6-16/h2-6,9,13,15,18H,7-8,10-12H2,1H3/t15-,18+/m1/s1. The summed E-state index contributed by atoms with van der Waals surface area (Å²) in [5.74, 6) is -0.0338. The molecule has 2 atom stereocenters. The largest absolute Gasteiger partial charge is 0.368 e. The Hall–Kier alpha value is -2.80. The van der Waals surface area contributed by atoms with E-state index in [-0.39, 0.29) is 30.4 Å². The summed E-state index contributed by atoms with van der Waals surface area (Å²) in [6.07, 6.45) is 3.72. The van der Waals surface area contributed by atoms with Crippen LogP contribution in [0.2, 0.25) is 0 Å². The molecule has 3 heterocycles. The zero-order chi connectivity index (χ0) is 18.8. The Labute approximate surface area is 158 Å². The van der Waals surface area contributed by atoms with Crippen molar-refractivity contribution in [3.05, 3.63) is 54.1 Å². The molecule has 0 N–H and O–H groups in total. The van der Waals surface area contributed by atoms with Gasteiger partial charge in [-0.3, -0.25) is 9.59 Å². The van der Waals surface area contributed by atoms with Crippen molar-refractivity contribution < 1.29 is 14.3 Å². The Bertz CT molecular complexity index is 842. The van der Waals surface area contributed by atoms with Crippen LogP contribution in [-0.2, 0) is 9.53 Å². The van der Waals surface area contributed by atoms with E-state index < -0.39 is 0 Å². The van der Waals surface area contributed by atoms with E-state index >= 15 is 0 Å². The van der Waals surface area contributed by atoms with E-state index in [0.717, 1.165) is 12.1 Å². The number of aromatic nitrogens is 2. The molecule has 0 bridgehead atoms. The molecule has 2 aromatic rings. The van der Waals surface area contributed by atoms with Crippen LogP contribution in [0, 0.1) is 12.8 Å². The minimum atomic E-state index is -0.0617. The second-order valence-electron chi connectivity index (χ2n) is 7.01. The molecular weight excluding hydrogens is 344 g/mol. The van der Waals surface area contributed by atoms with Gasteiger partial charge in [-0.2, -0.15) is 0 Å². The highest BCUT2D eigenvalue weighted by Gasteiger charge is 2.38. The van der Waals surface area contributed by atoms with Crippen LogP contribution >= 0.6 is 0 Å². The van der Waals surface area contributed by atoms with Crippen LogP contribution in [0.15, 0.2) is 42.9 Å². The number of fused-ring (bicyclic) bond motifs is 1. The minimum absolute atomic E-state index is 0.0140. The molecule has 0 aliphatic carbocycles. The van der Waals surface area contributed by atoms with Gasteiger partial charge in [-0.25, -0.2) is 9.97 Å². The fourth-order valence-electron chi connectivity index (χ4n) is 3.81. The van der Waals surface area contributed by atoms with Crippen molar-refractivity contribution in [2.75, 3.05) is 31.1 Å². The summed E-state index contributed by atoms with van der Waals surface area (Å²) in [7, 11) is 0. The second-order valence-corrected chi connectivity index (χ2v) is 7.01. The lowest BCUT2D eigenvalue weighted by atomic mass is 9.93. The number of aryl methyl sites for hydroxylation is 1. The number of benzene rings is 1. The summed E-state index contributed by atoms with van der Waals surface area (Å²) in [5.41, 5.74) is 2.07. The maximum absolute atomic E-state index is 12.9. The van der Waals surface area contributed by atoms with Crippen LogP contribution in [0.1, 0.15) is 22.5 Å². The van der Waals surface area contributed by atoms with Gasteiger partial charge in [-0.15, -0.1) is 0 Å². The number of piperidine rings is 1. The van der Waals surface area contributed by atoms with Gasteiger partial charge < -0.3 is 14.5 Å². The first-order chi connectivity index (χ1) is 13.1. The van der Waals surface area contributed by atoms with E-state index in [1.165, 1.54) is 6.33 Å². The lowest BCUT2D eigenvalue weighted by molar-refractivity contribution is -0.124. The maximum Gasteiger partial charge on any atom is 0.257 e. The Morgan fingerprint density at radius 2 is 2.04 bits per heavy atom. The van der Waals surface area contributed by atoms with Crippen molar-refractivity contribution in [1.29, 1.82) is 0 Å². The summed E-state index contributed by atoms with van der Waals surface area (Å²) >= 11 is 0. The Morgan fingerprint density at radius 1 is 1.22 bits per heavy atom. The molecule has 7 heteroatoms. The summed E-state index contributed by atoms with van der Waals surface area (Å²) in [4.78, 5) is 37.2. The molecular formula is C20H22N4O3. The molecule has 27 heavy (non-hydrogen) atoms. The van der Waals surface area contributed by atoms with Gasteiger partial charge in [0, 0.05) is 37.4 Å². The average molecular weight is 366 g/mol. The fraction of sp³-hybridized carbons (Fsp3) is 0.400. The number of para-hydroxylation sites is 1. The zero-order valence-electron chi connectivity index (χ0n) is 15.2. The van der Waals surface area contributed by atoms with Crippen LogP contribution in [0.5, 0.6) is 0 Å². The third-order valence-electron chi connectivity index (χ3n) is 5.30. The maximum atomic E-state index is 12.9. The molecule has 2 fully saturated rings. The Balaban J connectivity index is 1.54. The lowest BCUT2D eigenvalue weighted by Gasteiger charge is -2.38. The van der Waals surface area contributed by atoms with Crippen molar-refractivity contribution >= 4 is 17.5 Å². The number of hydrogen-bond acceptors (Lipinski definition) is 5. The first kappa shape index (κ1) is 17.6. The highest BCUT2D eigenvalue weighted by Crippen LogP contribution is 2.28. The van der Waals surface area contributed by atoms with Crippen molar-refractivity contribution in [3.63, 3.8) is 0 Å². The van der Waals surface area contributed by atoms with Gasteiger partial charge in [0.25, 0.3) is 11.8 Å². The van der Waals surface area contributed by atoms with Crippen LogP contribution < -0.4 is 4.90 Å². The van der Waals surface area contributed by atoms with Gasteiger partial charge in [0.1, 0.15) is 12.9 Å². The monoisotopic (exact) mass is 366 g/mol. The number of nitrogens with zero attached hydrogens (tertiary/aromatic N) is 4. The van der Waals surface area contributed by atoms with Gasteiger partial charge in [0.05, 0.1) is 17.4 Å². The van der Waals surface area contributed by atoms with Crippen molar-refractivity contribution in [2.24, 2.45) is 5.92 Å². The second kappa shape index (κ2) is 7.44. The predicted octanol–water partition coefficient (Wildman–Crippen LogP) is 1.68. The molecule has 2 saturated heterocycles. The molecule has 140 valence electrons. The predicted molar refractivity (Wildman–Crippen MR) is 99.3 cm³/mol. The highest BCUT2D eigenvalue weighted by atomic mass is 16.5. The van der Waals surface area contributed by atoms with Gasteiger partial charge in [-0.1, -0.05) is 18.2 Å². The molecule has 0 unspecified atom stereocenters. The normalized spacial score (nSPS) is 22.9. The summed E-state index contributed by atoms with van der Waals surface area (Å²) in [5, 5.41) is 0. The molecule has 1 aromatic carbocycles. The number of rotatable bonds is 2. The SMILES string of the molecule is Cc1ncncc1C(=O)N1CC[C@@H]2OCC(=O)N(c3ccccc3)C[C@H]2C1. The molecule has 1 aromatic heterocycles. The van der Waals surface area contributed by atoms with Crippen molar-refractivity contribution in [3.8, 4) is 0 Å². The molecule has 0 spiro atoms. The molecule has 2 amide bonds. The zero-order valence-corrected chi connectivity index (χ0v) is 15.2. The van der Waals surface area contributed by atoms with E-state index in [4.69, 9.17) is 4.74 Å². The van der Waals surface area contributed by atoms with E-state index in [9.17, 15) is 9.59 Å². The van der Waals surface area contributed by atoms with Crippen molar-refractivity contribution in [2.45, 2.75) is 19.4 Å². The molecule has 2 aliphatic heterocycles. The van der Waals surface area contributed by atoms with Crippen LogP contribution in [0.3, 0.4) is 0 Å². The topological polar surface area (TPSA) is 75.6 Å². The fourth-order valence-corrected chi connectivity index (χ4v) is 3.81. The van der Waals surface area contributed by atoms with E-state index in [1.807, 2.05) is 42.2 Å². The number of likely N-dealkylation sites (tertiary alicyclic amines) is 1. The number of carbonyl (C=O) groups excluding carboxylic acids is 2. The quantitative estimate of drug-likeness (QED) is 0.808.